The molecule has 0 bridgehead atoms. The third-order valence-corrected chi connectivity index (χ3v) is 6.91. The number of benzene rings is 3. The first-order chi connectivity index (χ1) is 17.7. The first kappa shape index (κ1) is 21.9. The van der Waals surface area contributed by atoms with Gasteiger partial charge in [-0.05, 0) is 49.4 Å². The molecule has 0 saturated heterocycles. The van der Waals surface area contributed by atoms with E-state index in [9.17, 15) is 4.79 Å². The fourth-order valence-corrected chi connectivity index (χ4v) is 5.05. The third-order valence-electron chi connectivity index (χ3n) is 5.84. The number of nitrogens with zero attached hydrogens (tertiary/aromatic N) is 3. The summed E-state index contributed by atoms with van der Waals surface area (Å²) in [4.78, 5) is 18.6. The zero-order valence-electron chi connectivity index (χ0n) is 19.5. The van der Waals surface area contributed by atoms with Gasteiger partial charge in [0.1, 0.15) is 16.5 Å². The Hall–Kier alpha value is -4.55. The molecule has 3 aromatic carbocycles. The highest BCUT2D eigenvalue weighted by atomic mass is 32.1. The first-order valence-corrected chi connectivity index (χ1v) is 12.4. The van der Waals surface area contributed by atoms with Crippen molar-refractivity contribution in [3.63, 3.8) is 0 Å². The third kappa shape index (κ3) is 4.19. The minimum Gasteiger partial charge on any atom is -0.460 e. The highest BCUT2D eigenvalue weighted by Gasteiger charge is 2.21. The quantitative estimate of drug-likeness (QED) is 0.181. The van der Waals surface area contributed by atoms with Gasteiger partial charge < -0.3 is 4.42 Å². The van der Waals surface area contributed by atoms with Crippen molar-refractivity contribution in [2.75, 3.05) is 0 Å². The number of para-hydroxylation sites is 2. The summed E-state index contributed by atoms with van der Waals surface area (Å²) in [5.41, 5.74) is 4.33. The van der Waals surface area contributed by atoms with Crippen LogP contribution in [0.15, 0.2) is 108 Å². The van der Waals surface area contributed by atoms with E-state index in [1.54, 1.807) is 0 Å². The lowest BCUT2D eigenvalue weighted by atomic mass is 10.0. The number of rotatable bonds is 6. The number of thiazole rings is 1. The Morgan fingerprint density at radius 3 is 2.33 bits per heavy atom. The summed E-state index contributed by atoms with van der Waals surface area (Å²) in [5.74, 6) is 1.34. The fraction of sp³-hybridized carbons (Fsp3) is 0.0333. The minimum atomic E-state index is -0.0938. The van der Waals surface area contributed by atoms with E-state index in [0.717, 1.165) is 27.2 Å². The fourth-order valence-electron chi connectivity index (χ4n) is 4.07. The number of fused-ring (bicyclic) bond motifs is 1. The minimum absolute atomic E-state index is 0.0938. The summed E-state index contributed by atoms with van der Waals surface area (Å²) in [6.07, 6.45) is 3.81. The van der Waals surface area contributed by atoms with Gasteiger partial charge in [-0.1, -0.05) is 60.7 Å². The van der Waals surface area contributed by atoms with Crippen LogP contribution in [0.1, 0.15) is 26.7 Å². The number of allylic oxidation sites excluding steroid dienone is 1. The lowest BCUT2D eigenvalue weighted by Crippen LogP contribution is -2.02. The van der Waals surface area contributed by atoms with Crippen LogP contribution in [0.2, 0.25) is 0 Å². The summed E-state index contributed by atoms with van der Waals surface area (Å²) in [5, 5.41) is 5.50. The van der Waals surface area contributed by atoms with Crippen LogP contribution in [0.5, 0.6) is 0 Å². The molecule has 6 rings (SSSR count). The highest BCUT2D eigenvalue weighted by Crippen LogP contribution is 2.33. The van der Waals surface area contributed by atoms with Crippen molar-refractivity contribution in [3.05, 3.63) is 125 Å². The van der Waals surface area contributed by atoms with Crippen LogP contribution in [0.4, 0.5) is 0 Å². The molecule has 0 aliphatic carbocycles. The highest BCUT2D eigenvalue weighted by molar-refractivity contribution is 7.20. The predicted octanol–water partition coefficient (Wildman–Crippen LogP) is 7.47. The molecule has 0 radical (unpaired) electrons. The first-order valence-electron chi connectivity index (χ1n) is 11.5. The maximum Gasteiger partial charge on any atom is 0.196 e. The van der Waals surface area contributed by atoms with Gasteiger partial charge in [0.25, 0.3) is 0 Å². The van der Waals surface area contributed by atoms with E-state index in [-0.39, 0.29) is 5.78 Å². The van der Waals surface area contributed by atoms with Crippen molar-refractivity contribution in [2.24, 2.45) is 0 Å². The van der Waals surface area contributed by atoms with Gasteiger partial charge >= 0.3 is 0 Å². The second-order valence-corrected chi connectivity index (χ2v) is 9.39. The van der Waals surface area contributed by atoms with Gasteiger partial charge in [-0.15, -0.1) is 11.3 Å². The van der Waals surface area contributed by atoms with Gasteiger partial charge in [-0.2, -0.15) is 5.10 Å². The molecule has 3 heterocycles. The van der Waals surface area contributed by atoms with Gasteiger partial charge in [-0.25, -0.2) is 9.67 Å². The van der Waals surface area contributed by atoms with E-state index in [1.165, 1.54) is 11.3 Å². The van der Waals surface area contributed by atoms with Crippen LogP contribution in [0, 0.1) is 6.92 Å². The molecule has 0 aliphatic heterocycles. The topological polar surface area (TPSA) is 60.9 Å². The average molecular weight is 488 g/mol. The van der Waals surface area contributed by atoms with Gasteiger partial charge in [-0.3, -0.25) is 4.79 Å². The number of carbonyl (C=O) groups excluding carboxylic acids is 1. The molecule has 174 valence electrons. The Morgan fingerprint density at radius 1 is 0.889 bits per heavy atom. The van der Waals surface area contributed by atoms with Crippen molar-refractivity contribution < 1.29 is 9.21 Å². The molecule has 0 unspecified atom stereocenters. The van der Waals surface area contributed by atoms with Crippen molar-refractivity contribution in [2.45, 2.75) is 6.92 Å². The van der Waals surface area contributed by atoms with E-state index >= 15 is 0 Å². The average Bonchev–Trinajstić information content (AvgIpc) is 3.65. The molecule has 3 aromatic heterocycles. The lowest BCUT2D eigenvalue weighted by Gasteiger charge is -2.04. The van der Waals surface area contributed by atoms with Crippen LogP contribution in [-0.2, 0) is 0 Å². The molecule has 0 saturated carbocycles. The summed E-state index contributed by atoms with van der Waals surface area (Å²) >= 11 is 1.51. The molecule has 36 heavy (non-hydrogen) atoms. The number of carbonyl (C=O) groups is 1. The van der Waals surface area contributed by atoms with E-state index in [4.69, 9.17) is 14.5 Å². The monoisotopic (exact) mass is 487 g/mol. The molecule has 0 fully saturated rings. The van der Waals surface area contributed by atoms with Crippen molar-refractivity contribution in [1.82, 2.24) is 14.8 Å². The van der Waals surface area contributed by atoms with Gasteiger partial charge in [0.2, 0.25) is 0 Å². The summed E-state index contributed by atoms with van der Waals surface area (Å²) < 4.78 is 8.77. The molecular formula is C30H21N3O2S. The Morgan fingerprint density at radius 2 is 1.61 bits per heavy atom. The van der Waals surface area contributed by atoms with E-state index in [1.807, 2.05) is 121 Å². The number of aromatic nitrogens is 3. The van der Waals surface area contributed by atoms with E-state index in [2.05, 4.69) is 0 Å². The standard InChI is InChI=1S/C30H21N3O2S/c1-20-16-17-26(35-20)28-22(19-33(32-28)23-12-6-3-7-13-23)18-24(29(34)21-10-4-2-5-11-21)30-31-25-14-8-9-15-27(25)36-30/h2-19H,1H3/b24-18-. The van der Waals surface area contributed by atoms with Crippen LogP contribution < -0.4 is 0 Å². The van der Waals surface area contributed by atoms with Crippen LogP contribution in [0.25, 0.3) is 39.0 Å². The van der Waals surface area contributed by atoms with Crippen LogP contribution in [0.3, 0.4) is 0 Å². The number of ketones is 1. The van der Waals surface area contributed by atoms with Crippen LogP contribution in [-0.4, -0.2) is 20.5 Å². The number of Topliss-reactive ketones (excluding diaryl/α,β-unsaturated/α-hetero) is 1. The Kier molecular flexibility index (Phi) is 5.64. The molecule has 0 aliphatic rings. The summed E-state index contributed by atoms with van der Waals surface area (Å²) in [7, 11) is 0. The molecule has 0 atom stereocenters. The van der Waals surface area contributed by atoms with Gasteiger partial charge in [0.15, 0.2) is 11.5 Å². The molecular weight excluding hydrogens is 466 g/mol. The number of hydrogen-bond donors (Lipinski definition) is 0. The SMILES string of the molecule is Cc1ccc(-c2nn(-c3ccccc3)cc2/C=C(/C(=O)c2ccccc2)c2nc3ccccc3s2)o1. The van der Waals surface area contributed by atoms with E-state index < -0.39 is 0 Å². The smallest absolute Gasteiger partial charge is 0.196 e. The number of furan rings is 1. The van der Waals surface area contributed by atoms with Crippen LogP contribution >= 0.6 is 11.3 Å². The van der Waals surface area contributed by atoms with E-state index in [0.29, 0.717) is 27.6 Å². The Labute approximate surface area is 212 Å². The summed E-state index contributed by atoms with van der Waals surface area (Å²) in [6, 6.07) is 30.9. The summed E-state index contributed by atoms with van der Waals surface area (Å²) in [6.45, 7) is 1.90. The number of hydrogen-bond acceptors (Lipinski definition) is 5. The maximum atomic E-state index is 13.8. The molecule has 0 amide bonds. The predicted molar refractivity (Wildman–Crippen MR) is 144 cm³/mol. The Bertz CT molecular complexity index is 1680. The van der Waals surface area contributed by atoms with Gasteiger partial charge in [0, 0.05) is 17.3 Å². The maximum absolute atomic E-state index is 13.8. The lowest BCUT2D eigenvalue weighted by molar-refractivity contribution is 0.105. The zero-order valence-corrected chi connectivity index (χ0v) is 20.3. The Balaban J connectivity index is 1.56. The zero-order chi connectivity index (χ0) is 24.5. The molecule has 6 heteroatoms. The number of aryl methyl sites for hydroxylation is 1. The van der Waals surface area contributed by atoms with Crippen molar-refractivity contribution in [3.8, 4) is 17.1 Å². The molecule has 0 N–H and O–H groups in total. The molecule has 5 nitrogen and oxygen atoms in total. The van der Waals surface area contributed by atoms with Gasteiger partial charge in [0.05, 0.1) is 21.5 Å². The molecule has 6 aromatic rings. The van der Waals surface area contributed by atoms with Crippen molar-refractivity contribution in [1.29, 1.82) is 0 Å². The van der Waals surface area contributed by atoms with Crippen molar-refractivity contribution >= 4 is 39.0 Å². The normalized spacial score (nSPS) is 11.8. The second kappa shape index (κ2) is 9.24. The second-order valence-electron chi connectivity index (χ2n) is 8.36. The molecule has 0 spiro atoms. The largest absolute Gasteiger partial charge is 0.460 e.